The smallest absolute Gasteiger partial charge is 0.317 e. The molecule has 3 rings (SSSR count). The molecule has 0 saturated carbocycles. The molecule has 148 valence electrons. The number of hydrogen-bond acceptors (Lipinski definition) is 4. The number of hydrogen-bond donors (Lipinski definition) is 1. The standard InChI is InChI=1S/C23H20FNO3S/c1-16-7-5-6-10-20(16)29-15-21(26)28-22(17-8-3-2-4-9-17)23(27)25-19-13-11-18(24)12-14-19/h2-14,22H,15H2,1H3,(H,25,27)/t22-/m1/s1. The van der Waals surface area contributed by atoms with Gasteiger partial charge < -0.3 is 10.1 Å². The Balaban J connectivity index is 1.70. The Morgan fingerprint density at radius 1 is 0.966 bits per heavy atom. The first-order chi connectivity index (χ1) is 14.0. The zero-order chi connectivity index (χ0) is 20.6. The van der Waals surface area contributed by atoms with Crippen molar-refractivity contribution in [2.24, 2.45) is 0 Å². The average Bonchev–Trinajstić information content (AvgIpc) is 2.73. The number of carbonyl (C=O) groups excluding carboxylic acids is 2. The number of ether oxygens (including phenoxy) is 1. The molecule has 0 saturated heterocycles. The second kappa shape index (κ2) is 9.89. The first-order valence-electron chi connectivity index (χ1n) is 9.02. The van der Waals surface area contributed by atoms with Gasteiger partial charge in [-0.2, -0.15) is 0 Å². The second-order valence-electron chi connectivity index (χ2n) is 6.33. The van der Waals surface area contributed by atoms with Gasteiger partial charge in [0.05, 0.1) is 5.75 Å². The van der Waals surface area contributed by atoms with Crippen LogP contribution in [0.5, 0.6) is 0 Å². The minimum atomic E-state index is -1.11. The maximum absolute atomic E-state index is 13.1. The number of aryl methyl sites for hydroxylation is 1. The number of halogens is 1. The van der Waals surface area contributed by atoms with Crippen LogP contribution in [0.3, 0.4) is 0 Å². The Morgan fingerprint density at radius 2 is 1.62 bits per heavy atom. The van der Waals surface area contributed by atoms with Crippen LogP contribution in [0.2, 0.25) is 0 Å². The van der Waals surface area contributed by atoms with Crippen molar-refractivity contribution in [3.8, 4) is 0 Å². The molecule has 0 aliphatic rings. The van der Waals surface area contributed by atoms with Crippen molar-refractivity contribution in [3.05, 3.63) is 95.8 Å². The molecule has 0 fully saturated rings. The molecule has 1 amide bonds. The third kappa shape index (κ3) is 5.93. The van der Waals surface area contributed by atoms with Gasteiger partial charge in [0.25, 0.3) is 5.91 Å². The average molecular weight is 409 g/mol. The lowest BCUT2D eigenvalue weighted by atomic mass is 10.1. The molecule has 0 spiro atoms. The molecule has 1 N–H and O–H groups in total. The monoisotopic (exact) mass is 409 g/mol. The highest BCUT2D eigenvalue weighted by Crippen LogP contribution is 2.24. The second-order valence-corrected chi connectivity index (χ2v) is 7.35. The summed E-state index contributed by atoms with van der Waals surface area (Å²) in [5.41, 5.74) is 2.04. The van der Waals surface area contributed by atoms with Gasteiger partial charge in [-0.3, -0.25) is 9.59 Å². The van der Waals surface area contributed by atoms with Crippen LogP contribution < -0.4 is 5.32 Å². The summed E-state index contributed by atoms with van der Waals surface area (Å²) in [5.74, 6) is -1.32. The zero-order valence-corrected chi connectivity index (χ0v) is 16.6. The van der Waals surface area contributed by atoms with E-state index in [-0.39, 0.29) is 5.75 Å². The van der Waals surface area contributed by atoms with Gasteiger partial charge in [-0.1, -0.05) is 48.5 Å². The molecule has 0 aliphatic carbocycles. The first-order valence-corrected chi connectivity index (χ1v) is 10.0. The first kappa shape index (κ1) is 20.6. The van der Waals surface area contributed by atoms with Crippen molar-refractivity contribution in [1.82, 2.24) is 0 Å². The van der Waals surface area contributed by atoms with Crippen molar-refractivity contribution in [2.45, 2.75) is 17.9 Å². The molecule has 29 heavy (non-hydrogen) atoms. The lowest BCUT2D eigenvalue weighted by molar-refractivity contribution is -0.152. The fraction of sp³-hybridized carbons (Fsp3) is 0.130. The number of thioether (sulfide) groups is 1. The van der Waals surface area contributed by atoms with Crippen molar-refractivity contribution in [2.75, 3.05) is 11.1 Å². The molecule has 0 aromatic heterocycles. The van der Waals surface area contributed by atoms with E-state index in [9.17, 15) is 14.0 Å². The van der Waals surface area contributed by atoms with Crippen molar-refractivity contribution in [1.29, 1.82) is 0 Å². The Bertz CT molecular complexity index is 977. The van der Waals surface area contributed by atoms with Crippen LogP contribution >= 0.6 is 11.8 Å². The van der Waals surface area contributed by atoms with Crippen LogP contribution in [0.4, 0.5) is 10.1 Å². The van der Waals surface area contributed by atoms with E-state index in [4.69, 9.17) is 4.74 Å². The predicted molar refractivity (Wildman–Crippen MR) is 112 cm³/mol. The van der Waals surface area contributed by atoms with E-state index in [0.29, 0.717) is 11.3 Å². The normalized spacial score (nSPS) is 11.5. The Labute approximate surface area is 173 Å². The molecule has 0 heterocycles. The van der Waals surface area contributed by atoms with E-state index in [1.807, 2.05) is 37.3 Å². The van der Waals surface area contributed by atoms with Gasteiger partial charge in [0.1, 0.15) is 5.82 Å². The highest BCUT2D eigenvalue weighted by atomic mass is 32.2. The predicted octanol–water partition coefficient (Wildman–Crippen LogP) is 5.15. The summed E-state index contributed by atoms with van der Waals surface area (Å²) in [5, 5.41) is 2.67. The van der Waals surface area contributed by atoms with Crippen molar-refractivity contribution in [3.63, 3.8) is 0 Å². The number of esters is 1. The molecule has 4 nitrogen and oxygen atoms in total. The quantitative estimate of drug-likeness (QED) is 0.433. The topological polar surface area (TPSA) is 55.4 Å². The molecule has 0 aliphatic heterocycles. The van der Waals surface area contributed by atoms with Crippen molar-refractivity contribution < 1.29 is 18.7 Å². The van der Waals surface area contributed by atoms with Gasteiger partial charge in [-0.25, -0.2) is 4.39 Å². The summed E-state index contributed by atoms with van der Waals surface area (Å²) in [6, 6.07) is 21.9. The van der Waals surface area contributed by atoms with E-state index >= 15 is 0 Å². The third-order valence-corrected chi connectivity index (χ3v) is 5.29. The van der Waals surface area contributed by atoms with E-state index in [0.717, 1.165) is 10.5 Å². The van der Waals surface area contributed by atoms with Gasteiger partial charge in [0.2, 0.25) is 6.10 Å². The zero-order valence-electron chi connectivity index (χ0n) is 15.8. The van der Waals surface area contributed by atoms with Gasteiger partial charge in [0, 0.05) is 16.1 Å². The van der Waals surface area contributed by atoms with E-state index < -0.39 is 23.8 Å². The summed E-state index contributed by atoms with van der Waals surface area (Å²) in [6.45, 7) is 1.97. The molecular weight excluding hydrogens is 389 g/mol. The van der Waals surface area contributed by atoms with E-state index in [1.165, 1.54) is 36.0 Å². The lowest BCUT2D eigenvalue weighted by Crippen LogP contribution is -2.26. The van der Waals surface area contributed by atoms with Crippen LogP contribution in [-0.2, 0) is 14.3 Å². The molecule has 0 unspecified atom stereocenters. The van der Waals surface area contributed by atoms with E-state index in [1.54, 1.807) is 24.3 Å². The number of anilines is 1. The Kier molecular flexibility index (Phi) is 7.03. The van der Waals surface area contributed by atoms with E-state index in [2.05, 4.69) is 5.32 Å². The Hall–Kier alpha value is -3.12. The summed E-state index contributed by atoms with van der Waals surface area (Å²) >= 11 is 1.36. The van der Waals surface area contributed by atoms with Gasteiger partial charge in [0.15, 0.2) is 0 Å². The highest BCUT2D eigenvalue weighted by Gasteiger charge is 2.25. The summed E-state index contributed by atoms with van der Waals surface area (Å²) < 4.78 is 18.6. The summed E-state index contributed by atoms with van der Waals surface area (Å²) in [4.78, 5) is 26.2. The minimum Gasteiger partial charge on any atom is -0.447 e. The third-order valence-electron chi connectivity index (χ3n) is 4.14. The molecule has 6 heteroatoms. The number of amides is 1. The SMILES string of the molecule is Cc1ccccc1SCC(=O)O[C@@H](C(=O)Nc1ccc(F)cc1)c1ccccc1. The maximum Gasteiger partial charge on any atom is 0.317 e. The largest absolute Gasteiger partial charge is 0.447 e. The van der Waals surface area contributed by atoms with Crippen LogP contribution in [0.15, 0.2) is 83.8 Å². The van der Waals surface area contributed by atoms with Crippen LogP contribution in [-0.4, -0.2) is 17.6 Å². The van der Waals surface area contributed by atoms with Crippen molar-refractivity contribution >= 4 is 29.3 Å². The molecule has 1 atom stereocenters. The summed E-state index contributed by atoms with van der Waals surface area (Å²) in [6.07, 6.45) is -1.11. The fourth-order valence-corrected chi connectivity index (χ4v) is 3.47. The van der Waals surface area contributed by atoms with Gasteiger partial charge >= 0.3 is 5.97 Å². The van der Waals surface area contributed by atoms with Gasteiger partial charge in [-0.05, 0) is 42.8 Å². The number of benzene rings is 3. The lowest BCUT2D eigenvalue weighted by Gasteiger charge is -2.18. The molecule has 0 bridgehead atoms. The number of carbonyl (C=O) groups is 2. The maximum atomic E-state index is 13.1. The van der Waals surface area contributed by atoms with Crippen LogP contribution in [0, 0.1) is 12.7 Å². The molecule has 3 aromatic rings. The highest BCUT2D eigenvalue weighted by molar-refractivity contribution is 8.00. The van der Waals surface area contributed by atoms with Gasteiger partial charge in [-0.15, -0.1) is 11.8 Å². The van der Waals surface area contributed by atoms with Crippen LogP contribution in [0.25, 0.3) is 0 Å². The van der Waals surface area contributed by atoms with Crippen LogP contribution in [0.1, 0.15) is 17.2 Å². The molecule has 0 radical (unpaired) electrons. The Morgan fingerprint density at radius 3 is 2.31 bits per heavy atom. The fourth-order valence-electron chi connectivity index (χ4n) is 2.66. The minimum absolute atomic E-state index is 0.0814. The number of rotatable bonds is 7. The summed E-state index contributed by atoms with van der Waals surface area (Å²) in [7, 11) is 0. The number of nitrogens with one attached hydrogen (secondary N) is 1. The molecular formula is C23H20FNO3S. The molecule has 3 aromatic carbocycles.